The molecule has 0 heterocycles. The predicted molar refractivity (Wildman–Crippen MR) is 44.2 cm³/mol. The molecule has 0 N–H and O–H groups in total. The summed E-state index contributed by atoms with van der Waals surface area (Å²) in [5.74, 6) is 0. The van der Waals surface area contributed by atoms with E-state index in [-0.39, 0.29) is 0 Å². The Balaban J connectivity index is 0. The van der Waals surface area contributed by atoms with Crippen LogP contribution in [-0.2, 0) is 0 Å². The van der Waals surface area contributed by atoms with Gasteiger partial charge in [0.05, 0.1) is 0 Å². The summed E-state index contributed by atoms with van der Waals surface area (Å²) in [7, 11) is 10.3. The summed E-state index contributed by atoms with van der Waals surface area (Å²) < 4.78 is 0. The van der Waals surface area contributed by atoms with Crippen molar-refractivity contribution in [1.82, 2.24) is 0 Å². The summed E-state index contributed by atoms with van der Waals surface area (Å²) in [6.45, 7) is 4.32. The van der Waals surface area contributed by atoms with E-state index < -0.39 is 13.2 Å². The van der Waals surface area contributed by atoms with Crippen molar-refractivity contribution < 1.29 is 0 Å². The van der Waals surface area contributed by atoms with E-state index in [9.17, 15) is 0 Å². The Morgan fingerprint density at radius 1 is 1.25 bits per heavy atom. The molecule has 8 heavy (non-hydrogen) atoms. The zero-order valence-corrected chi connectivity index (χ0v) is 9.15. The first-order chi connectivity index (χ1) is 3.81. The third-order valence-electron chi connectivity index (χ3n) is 0.886. The van der Waals surface area contributed by atoms with Crippen molar-refractivity contribution in [1.29, 1.82) is 0 Å². The van der Waals surface area contributed by atoms with Gasteiger partial charge in [0.2, 0.25) is 0 Å². The first-order valence-corrected chi connectivity index (χ1v) is 7.79. The Kier molecular flexibility index (Phi) is 17.6. The third-order valence-corrected chi connectivity index (χ3v) is 4.51. The molecule has 0 fully saturated rings. The number of rotatable bonds is 2. The molecule has 0 unspecified atom stereocenters. The van der Waals surface area contributed by atoms with Gasteiger partial charge in [-0.05, 0) is 0 Å². The summed E-state index contributed by atoms with van der Waals surface area (Å²) in [4.78, 5) is 0. The van der Waals surface area contributed by atoms with Crippen LogP contribution in [0, 0.1) is 0 Å². The quantitative estimate of drug-likeness (QED) is 0.577. The fraction of sp³-hybridized carbons (Fsp3) is 1.00. The summed E-state index contributed by atoms with van der Waals surface area (Å²) >= 11 is 1.20. The summed E-state index contributed by atoms with van der Waals surface area (Å²) in [6.07, 6.45) is 0. The number of hydrogen-bond donors (Lipinski definition) is 0. The first kappa shape index (κ1) is 12.3. The molecule has 0 rings (SSSR count). The molecular formula is C4H10Al2Cl2+2. The van der Waals surface area contributed by atoms with Crippen LogP contribution < -0.4 is 0 Å². The zero-order chi connectivity index (χ0) is 6.99. The Hall–Kier alpha value is 1.64. The topological polar surface area (TPSA) is 0 Å². The molecule has 0 aliphatic carbocycles. The molecule has 0 saturated heterocycles. The van der Waals surface area contributed by atoms with Crippen molar-refractivity contribution in [2.24, 2.45) is 0 Å². The van der Waals surface area contributed by atoms with Gasteiger partial charge < -0.3 is 0 Å². The van der Waals surface area contributed by atoms with Gasteiger partial charge in [-0.25, -0.2) is 0 Å². The van der Waals surface area contributed by atoms with Crippen LogP contribution in [-0.4, -0.2) is 28.6 Å². The second kappa shape index (κ2) is 11.4. The number of halogens is 2. The van der Waals surface area contributed by atoms with Gasteiger partial charge in [0.1, 0.15) is 0 Å². The molecule has 0 aromatic rings. The molecular weight excluding hydrogens is 173 g/mol. The molecule has 0 aliphatic heterocycles. The molecule has 0 nitrogen and oxygen atoms in total. The first-order valence-electron chi connectivity index (χ1n) is 2.67. The maximum atomic E-state index is 5.79. The minimum atomic E-state index is -0.688. The van der Waals surface area contributed by atoms with Crippen molar-refractivity contribution in [2.75, 3.05) is 0 Å². The van der Waals surface area contributed by atoms with Gasteiger partial charge in [-0.1, -0.05) is 24.4 Å². The Morgan fingerprint density at radius 3 is 1.50 bits per heavy atom. The van der Waals surface area contributed by atoms with Gasteiger partial charge in [-0.2, -0.15) is 0 Å². The molecule has 0 spiro atoms. The van der Waals surface area contributed by atoms with E-state index in [4.69, 9.17) is 10.0 Å². The van der Waals surface area contributed by atoms with Crippen LogP contribution in [0.4, 0.5) is 0 Å². The van der Waals surface area contributed by atoms with Crippen LogP contribution in [0.3, 0.4) is 0 Å². The normalized spacial score (nSPS) is 7.25. The van der Waals surface area contributed by atoms with Crippen molar-refractivity contribution in [3.8, 4) is 0 Å². The molecule has 0 atom stereocenters. The van der Waals surface area contributed by atoms with Crippen molar-refractivity contribution in [3.63, 3.8) is 0 Å². The molecule has 0 amide bonds. The van der Waals surface area contributed by atoms with Crippen LogP contribution in [0.5, 0.6) is 0 Å². The Bertz CT molecular complexity index is 31.2. The average Bonchev–Trinajstić information content (AvgIpc) is 1.91. The van der Waals surface area contributed by atoms with E-state index in [0.29, 0.717) is 0 Å². The van der Waals surface area contributed by atoms with E-state index in [2.05, 4.69) is 23.9 Å². The molecule has 0 saturated carbocycles. The predicted octanol–water partition coefficient (Wildman–Crippen LogP) is 2.57. The van der Waals surface area contributed by atoms with Crippen LogP contribution in [0.2, 0.25) is 10.6 Å². The summed E-state index contributed by atoms with van der Waals surface area (Å²) in [5, 5.41) is 2.47. The standard InChI is InChI=1S/2C2H5.2Al.2ClH/c2*1-2;;;;/h2*1H2,2H3;;;2*1H/q;;+1;+3;;/p-2. The monoisotopic (exact) mass is 182 g/mol. The molecule has 0 bridgehead atoms. The van der Waals surface area contributed by atoms with Gasteiger partial charge in [0.25, 0.3) is 0 Å². The van der Waals surface area contributed by atoms with E-state index in [1.165, 1.54) is 10.6 Å². The Morgan fingerprint density at radius 2 is 1.50 bits per heavy atom. The summed E-state index contributed by atoms with van der Waals surface area (Å²) in [6, 6.07) is 0. The molecule has 44 valence electrons. The van der Waals surface area contributed by atoms with Gasteiger partial charge in [0, 0.05) is 0 Å². The second-order valence-electron chi connectivity index (χ2n) is 1.41. The van der Waals surface area contributed by atoms with Crippen LogP contribution in [0.25, 0.3) is 0 Å². The van der Waals surface area contributed by atoms with Crippen molar-refractivity contribution in [2.45, 2.75) is 24.4 Å². The van der Waals surface area contributed by atoms with Gasteiger partial charge in [-0.3, -0.25) is 10.0 Å². The van der Waals surface area contributed by atoms with E-state index >= 15 is 0 Å². The number of hydrogen-bond acceptors (Lipinski definition) is 0. The summed E-state index contributed by atoms with van der Waals surface area (Å²) in [5.41, 5.74) is 0. The fourth-order valence-corrected chi connectivity index (χ4v) is 0.866. The maximum absolute atomic E-state index is 5.79. The molecule has 4 heteroatoms. The fourth-order valence-electron chi connectivity index (χ4n) is 0.289. The minimum absolute atomic E-state index is 0.688. The van der Waals surface area contributed by atoms with Gasteiger partial charge in [0.15, 0.2) is 0 Å². The van der Waals surface area contributed by atoms with Gasteiger partial charge in [-0.15, -0.1) is 0 Å². The zero-order valence-electron chi connectivity index (χ0n) is 5.32. The van der Waals surface area contributed by atoms with Crippen LogP contribution in [0.15, 0.2) is 0 Å². The van der Waals surface area contributed by atoms with Crippen molar-refractivity contribution >= 4 is 48.7 Å². The van der Waals surface area contributed by atoms with Gasteiger partial charge >= 0.3 is 38.6 Å². The van der Waals surface area contributed by atoms with Crippen LogP contribution in [0.1, 0.15) is 13.8 Å². The molecule has 0 radical (unpaired) electrons. The second-order valence-corrected chi connectivity index (χ2v) is 6.09. The average molecular weight is 183 g/mol. The molecule has 0 aliphatic rings. The molecule has 0 aromatic heterocycles. The Labute approximate surface area is 72.8 Å². The third kappa shape index (κ3) is 10.6. The van der Waals surface area contributed by atoms with E-state index in [0.717, 1.165) is 0 Å². The molecule has 0 aromatic carbocycles. The van der Waals surface area contributed by atoms with Crippen LogP contribution >= 0.6 is 20.1 Å². The van der Waals surface area contributed by atoms with E-state index in [1.807, 2.05) is 15.4 Å². The van der Waals surface area contributed by atoms with Crippen molar-refractivity contribution in [3.05, 3.63) is 0 Å². The van der Waals surface area contributed by atoms with E-state index in [1.54, 1.807) is 0 Å². The SMILES string of the molecule is C[CH2][Al]([Cl])[CH2]C.[Al+2][Cl].